The van der Waals surface area contributed by atoms with Gasteiger partial charge in [-0.25, -0.2) is 0 Å². The minimum Gasteiger partial charge on any atom is -0.480 e. The Bertz CT molecular complexity index is 111. The van der Waals surface area contributed by atoms with E-state index < -0.39 is 12.0 Å². The van der Waals surface area contributed by atoms with Crippen LogP contribution >= 0.6 is 27.0 Å². The Kier molecular flexibility index (Phi) is 12.9. The first-order chi connectivity index (χ1) is 4.09. The highest BCUT2D eigenvalue weighted by Crippen LogP contribution is 2.04. The maximum atomic E-state index is 10.2. The zero-order valence-electron chi connectivity index (χ0n) is 6.79. The number of hydrogen-bond acceptors (Lipinski definition) is 2. The number of carboxylic acid groups (broad SMARTS) is 1. The molecule has 0 bridgehead atoms. The molecule has 0 aromatic rings. The minimum atomic E-state index is -0.913. The molecular formula is C6H17NO2S2. The fraction of sp³-hybridized carbons (Fsp3) is 0.833. The molecule has 0 radical (unpaired) electrons. The third-order valence-electron chi connectivity index (χ3n) is 1.54. The molecule has 70 valence electrons. The SMILES string of the molecule is CCC(C)[C@H](N)C(=O)O.S.S. The van der Waals surface area contributed by atoms with Crippen LogP contribution in [0.5, 0.6) is 0 Å². The summed E-state index contributed by atoms with van der Waals surface area (Å²) in [5.41, 5.74) is 5.27. The molecule has 0 aliphatic carbocycles. The molecule has 0 spiro atoms. The van der Waals surface area contributed by atoms with E-state index in [0.29, 0.717) is 0 Å². The maximum Gasteiger partial charge on any atom is 0.320 e. The van der Waals surface area contributed by atoms with Crippen LogP contribution in [0.15, 0.2) is 0 Å². The summed E-state index contributed by atoms with van der Waals surface area (Å²) in [5, 5.41) is 8.36. The van der Waals surface area contributed by atoms with E-state index in [-0.39, 0.29) is 32.9 Å². The molecule has 0 saturated heterocycles. The zero-order chi connectivity index (χ0) is 7.44. The van der Waals surface area contributed by atoms with E-state index in [1.54, 1.807) is 0 Å². The monoisotopic (exact) mass is 199 g/mol. The largest absolute Gasteiger partial charge is 0.480 e. The Hall–Kier alpha value is 0.130. The maximum absolute atomic E-state index is 10.2. The van der Waals surface area contributed by atoms with E-state index in [4.69, 9.17) is 10.8 Å². The first-order valence-electron chi connectivity index (χ1n) is 3.08. The van der Waals surface area contributed by atoms with Crippen LogP contribution in [-0.4, -0.2) is 17.1 Å². The summed E-state index contributed by atoms with van der Waals surface area (Å²) in [7, 11) is 0. The Labute approximate surface area is 81.2 Å². The molecule has 3 nitrogen and oxygen atoms in total. The topological polar surface area (TPSA) is 63.3 Å². The highest BCUT2D eigenvalue weighted by molar-refractivity contribution is 7.59. The van der Waals surface area contributed by atoms with Crippen LogP contribution in [0, 0.1) is 5.92 Å². The highest BCUT2D eigenvalue weighted by Gasteiger charge is 2.17. The van der Waals surface area contributed by atoms with Crippen molar-refractivity contribution in [1.82, 2.24) is 0 Å². The number of nitrogens with two attached hydrogens (primary N) is 1. The molecule has 0 saturated carbocycles. The summed E-state index contributed by atoms with van der Waals surface area (Å²) in [6, 6.07) is -0.699. The number of rotatable bonds is 3. The van der Waals surface area contributed by atoms with Crippen molar-refractivity contribution in [3.8, 4) is 0 Å². The van der Waals surface area contributed by atoms with Crippen molar-refractivity contribution in [3.05, 3.63) is 0 Å². The second-order valence-corrected chi connectivity index (χ2v) is 2.25. The third kappa shape index (κ3) is 6.52. The van der Waals surface area contributed by atoms with Crippen LogP contribution in [0.25, 0.3) is 0 Å². The average molecular weight is 199 g/mol. The van der Waals surface area contributed by atoms with Gasteiger partial charge in [0.25, 0.3) is 0 Å². The molecule has 0 fully saturated rings. The standard InChI is InChI=1S/C6H13NO2.2H2S/c1-3-4(2)5(7)6(8)9;;/h4-5H,3,7H2,1-2H3,(H,8,9);2*1H2/t4?,5-;;/m0../s1. The van der Waals surface area contributed by atoms with Crippen LogP contribution < -0.4 is 5.73 Å². The van der Waals surface area contributed by atoms with E-state index in [0.717, 1.165) is 6.42 Å². The molecule has 2 atom stereocenters. The van der Waals surface area contributed by atoms with Crippen LogP contribution in [0.2, 0.25) is 0 Å². The number of hydrogen-bond donors (Lipinski definition) is 2. The van der Waals surface area contributed by atoms with Gasteiger partial charge in [-0.2, -0.15) is 27.0 Å². The molecule has 11 heavy (non-hydrogen) atoms. The van der Waals surface area contributed by atoms with Crippen LogP contribution in [0.3, 0.4) is 0 Å². The molecule has 0 aromatic carbocycles. The van der Waals surface area contributed by atoms with Gasteiger partial charge in [0.15, 0.2) is 0 Å². The zero-order valence-corrected chi connectivity index (χ0v) is 8.79. The van der Waals surface area contributed by atoms with Gasteiger partial charge in [-0.15, -0.1) is 0 Å². The van der Waals surface area contributed by atoms with Crippen LogP contribution in [0.4, 0.5) is 0 Å². The second kappa shape index (κ2) is 8.23. The van der Waals surface area contributed by atoms with Gasteiger partial charge < -0.3 is 10.8 Å². The van der Waals surface area contributed by atoms with Gasteiger partial charge in [-0.3, -0.25) is 4.79 Å². The average Bonchev–Trinajstić information content (AvgIpc) is 1.84. The molecule has 0 heterocycles. The molecular weight excluding hydrogens is 182 g/mol. The van der Waals surface area contributed by atoms with Crippen LogP contribution in [-0.2, 0) is 4.79 Å². The fourth-order valence-electron chi connectivity index (χ4n) is 0.497. The first-order valence-corrected chi connectivity index (χ1v) is 3.08. The first kappa shape index (κ1) is 17.3. The summed E-state index contributed by atoms with van der Waals surface area (Å²) in [6.07, 6.45) is 0.813. The lowest BCUT2D eigenvalue weighted by Crippen LogP contribution is -2.36. The lowest BCUT2D eigenvalue weighted by atomic mass is 10.0. The highest BCUT2D eigenvalue weighted by atomic mass is 32.1. The lowest BCUT2D eigenvalue weighted by molar-refractivity contribution is -0.139. The summed E-state index contributed by atoms with van der Waals surface area (Å²) >= 11 is 0. The molecule has 3 N–H and O–H groups in total. The van der Waals surface area contributed by atoms with E-state index in [1.807, 2.05) is 13.8 Å². The van der Waals surface area contributed by atoms with Gasteiger partial charge in [-0.05, 0) is 5.92 Å². The Morgan fingerprint density at radius 3 is 2.00 bits per heavy atom. The summed E-state index contributed by atoms with van der Waals surface area (Å²) in [5.74, 6) is -0.841. The summed E-state index contributed by atoms with van der Waals surface area (Å²) in [6.45, 7) is 3.76. The van der Waals surface area contributed by atoms with Crippen molar-refractivity contribution < 1.29 is 9.90 Å². The smallest absolute Gasteiger partial charge is 0.320 e. The molecule has 0 rings (SSSR count). The Morgan fingerprint density at radius 2 is 1.91 bits per heavy atom. The third-order valence-corrected chi connectivity index (χ3v) is 1.54. The number of carbonyl (C=O) groups is 1. The van der Waals surface area contributed by atoms with Crippen molar-refractivity contribution in [2.45, 2.75) is 26.3 Å². The lowest BCUT2D eigenvalue weighted by Gasteiger charge is -2.11. The number of carboxylic acids is 1. The quantitative estimate of drug-likeness (QED) is 0.702. The van der Waals surface area contributed by atoms with Gasteiger partial charge >= 0.3 is 5.97 Å². The summed E-state index contributed by atoms with van der Waals surface area (Å²) < 4.78 is 0. The van der Waals surface area contributed by atoms with Gasteiger partial charge in [0.1, 0.15) is 6.04 Å². The second-order valence-electron chi connectivity index (χ2n) is 2.25. The van der Waals surface area contributed by atoms with E-state index >= 15 is 0 Å². The van der Waals surface area contributed by atoms with Gasteiger partial charge in [0, 0.05) is 0 Å². The van der Waals surface area contributed by atoms with Crippen molar-refractivity contribution in [1.29, 1.82) is 0 Å². The summed E-state index contributed by atoms with van der Waals surface area (Å²) in [4.78, 5) is 10.2. The van der Waals surface area contributed by atoms with E-state index in [1.165, 1.54) is 0 Å². The van der Waals surface area contributed by atoms with E-state index in [2.05, 4.69) is 0 Å². The van der Waals surface area contributed by atoms with Crippen LogP contribution in [0.1, 0.15) is 20.3 Å². The predicted molar refractivity (Wildman–Crippen MR) is 55.8 cm³/mol. The predicted octanol–water partition coefficient (Wildman–Crippen LogP) is 0.670. The van der Waals surface area contributed by atoms with Crippen molar-refractivity contribution in [3.63, 3.8) is 0 Å². The molecule has 0 aromatic heterocycles. The molecule has 1 unspecified atom stereocenters. The Balaban J connectivity index is -0.000000320. The van der Waals surface area contributed by atoms with Crippen molar-refractivity contribution in [2.24, 2.45) is 11.7 Å². The number of aliphatic carboxylic acids is 1. The van der Waals surface area contributed by atoms with Crippen molar-refractivity contribution in [2.75, 3.05) is 0 Å². The molecule has 5 heteroatoms. The fourth-order valence-corrected chi connectivity index (χ4v) is 0.497. The van der Waals surface area contributed by atoms with Gasteiger partial charge in [-0.1, -0.05) is 20.3 Å². The normalized spacial score (nSPS) is 13.7. The van der Waals surface area contributed by atoms with Gasteiger partial charge in [0.2, 0.25) is 0 Å². The molecule has 0 amide bonds. The Morgan fingerprint density at radius 1 is 1.55 bits per heavy atom. The van der Waals surface area contributed by atoms with Gasteiger partial charge in [0.05, 0.1) is 0 Å². The van der Waals surface area contributed by atoms with Crippen molar-refractivity contribution >= 4 is 33.0 Å². The molecule has 0 aliphatic heterocycles. The minimum absolute atomic E-state index is 0. The van der Waals surface area contributed by atoms with E-state index in [9.17, 15) is 4.79 Å². The molecule has 0 aliphatic rings.